The average molecular weight is 456 g/mol. The van der Waals surface area contributed by atoms with E-state index in [1.807, 2.05) is 0 Å². The van der Waals surface area contributed by atoms with Gasteiger partial charge in [0.2, 0.25) is 5.88 Å². The van der Waals surface area contributed by atoms with Crippen LogP contribution in [0.4, 0.5) is 11.4 Å². The topological polar surface area (TPSA) is 173 Å². The molecule has 0 atom stereocenters. The summed E-state index contributed by atoms with van der Waals surface area (Å²) in [6.45, 7) is 3.00. The second kappa shape index (κ2) is 11.7. The van der Waals surface area contributed by atoms with E-state index in [0.717, 1.165) is 16.7 Å². The van der Waals surface area contributed by atoms with Crippen molar-refractivity contribution in [3.05, 3.63) is 45.7 Å². The number of amides is 1. The number of aromatic nitrogens is 1. The summed E-state index contributed by atoms with van der Waals surface area (Å²) in [6, 6.07) is 4.80. The molecule has 0 aliphatic heterocycles. The number of primary amides is 1. The number of azo groups is 1. The van der Waals surface area contributed by atoms with E-state index in [1.54, 1.807) is 6.92 Å². The smallest absolute Gasteiger partial charge is 0.807 e. The van der Waals surface area contributed by atoms with Crippen LogP contribution in [0.15, 0.2) is 39.3 Å². The largest absolute Gasteiger partial charge is 1.00 e. The van der Waals surface area contributed by atoms with E-state index in [1.165, 1.54) is 19.1 Å². The van der Waals surface area contributed by atoms with Gasteiger partial charge in [-0.15, -0.1) is 5.11 Å². The fourth-order valence-corrected chi connectivity index (χ4v) is 2.90. The molecule has 1 heterocycles. The van der Waals surface area contributed by atoms with Crippen molar-refractivity contribution in [3.8, 4) is 5.88 Å². The zero-order valence-corrected chi connectivity index (χ0v) is 23.0. The standard InChI is InChI=1S/C15H17N4O6P.2K/c1-3-19-14(21)11(13(16)20)8(2)12(15(19)22)18-17-9-5-4-6-10(7-9)26(23,24)25;;/h4-7,21H,3H2,1-2H3,(H2,16,20)(H2,23,24,25);;/q;2*+1/p-2. The third-order valence-electron chi connectivity index (χ3n) is 3.63. The van der Waals surface area contributed by atoms with Gasteiger partial charge < -0.3 is 25.2 Å². The van der Waals surface area contributed by atoms with Crippen LogP contribution in [0.5, 0.6) is 5.88 Å². The molecule has 2 aromatic rings. The van der Waals surface area contributed by atoms with Crippen molar-refractivity contribution in [2.75, 3.05) is 0 Å². The van der Waals surface area contributed by atoms with E-state index >= 15 is 0 Å². The molecule has 1 aromatic carbocycles. The second-order valence-corrected chi connectivity index (χ2v) is 6.81. The molecule has 10 nitrogen and oxygen atoms in total. The molecule has 13 heteroatoms. The van der Waals surface area contributed by atoms with Crippen LogP contribution in [0.25, 0.3) is 0 Å². The number of rotatable bonds is 5. The van der Waals surface area contributed by atoms with Crippen LogP contribution in [-0.2, 0) is 11.1 Å². The van der Waals surface area contributed by atoms with Gasteiger partial charge in [0.25, 0.3) is 11.5 Å². The number of pyridine rings is 1. The molecule has 0 spiro atoms. The number of hydrogen-bond acceptors (Lipinski definition) is 8. The molecular weight excluding hydrogens is 441 g/mol. The molecule has 0 saturated carbocycles. The molecule has 0 aliphatic rings. The normalized spacial score (nSPS) is 11.0. The fraction of sp³-hybridized carbons (Fsp3) is 0.200. The van der Waals surface area contributed by atoms with Crippen molar-refractivity contribution in [2.24, 2.45) is 16.0 Å². The fourth-order valence-electron chi connectivity index (χ4n) is 2.34. The summed E-state index contributed by atoms with van der Waals surface area (Å²) < 4.78 is 12.0. The number of benzene rings is 1. The van der Waals surface area contributed by atoms with Crippen molar-refractivity contribution < 1.29 is 127 Å². The SMILES string of the molecule is CCn1c(O)c(C(N)=O)c(C)c(N=Nc2cccc(P(=O)([O-])[O-])c2)c1=O.[K+].[K+]. The van der Waals surface area contributed by atoms with Crippen molar-refractivity contribution in [2.45, 2.75) is 20.4 Å². The summed E-state index contributed by atoms with van der Waals surface area (Å²) in [5.41, 5.74) is 4.09. The molecule has 28 heavy (non-hydrogen) atoms. The monoisotopic (exact) mass is 456 g/mol. The summed E-state index contributed by atoms with van der Waals surface area (Å²) in [5.74, 6) is -1.51. The molecular formula is C15H15K2N4O6P. The van der Waals surface area contributed by atoms with E-state index in [2.05, 4.69) is 10.2 Å². The first-order valence-electron chi connectivity index (χ1n) is 7.38. The molecule has 0 fully saturated rings. The number of carbonyl (C=O) groups excluding carboxylic acids is 1. The van der Waals surface area contributed by atoms with E-state index < -0.39 is 30.2 Å². The van der Waals surface area contributed by atoms with Gasteiger partial charge in [-0.3, -0.25) is 14.2 Å². The molecule has 0 aliphatic carbocycles. The molecule has 0 bridgehead atoms. The van der Waals surface area contributed by atoms with Gasteiger partial charge in [-0.05, 0) is 38.9 Å². The third kappa shape index (κ3) is 6.48. The first kappa shape index (κ1) is 28.5. The molecule has 1 aromatic heterocycles. The van der Waals surface area contributed by atoms with Crippen LogP contribution in [0.2, 0.25) is 0 Å². The Balaban J connectivity index is 0.00000364. The Morgan fingerprint density at radius 3 is 2.39 bits per heavy atom. The number of hydrogen-bond donors (Lipinski definition) is 2. The van der Waals surface area contributed by atoms with Crippen LogP contribution < -0.4 is 129 Å². The number of aromatic hydroxyl groups is 1. The summed E-state index contributed by atoms with van der Waals surface area (Å²) in [7, 11) is -4.96. The van der Waals surface area contributed by atoms with Gasteiger partial charge in [0.15, 0.2) is 5.69 Å². The molecule has 1 amide bonds. The Labute approximate surface area is 245 Å². The summed E-state index contributed by atoms with van der Waals surface area (Å²) in [5, 5.41) is 17.1. The molecule has 0 saturated heterocycles. The van der Waals surface area contributed by atoms with E-state index in [0.29, 0.717) is 0 Å². The van der Waals surface area contributed by atoms with E-state index in [9.17, 15) is 29.0 Å². The van der Waals surface area contributed by atoms with Gasteiger partial charge in [0.05, 0.1) is 5.69 Å². The molecule has 138 valence electrons. The predicted octanol–water partition coefficient (Wildman–Crippen LogP) is -6.06. The number of nitrogens with two attached hydrogens (primary N) is 1. The zero-order valence-electron chi connectivity index (χ0n) is 15.9. The number of nitrogens with zero attached hydrogens (tertiary/aromatic N) is 3. The van der Waals surface area contributed by atoms with Gasteiger partial charge in [-0.1, -0.05) is 12.1 Å². The zero-order chi connectivity index (χ0) is 19.6. The first-order chi connectivity index (χ1) is 12.1. The van der Waals surface area contributed by atoms with Crippen molar-refractivity contribution >= 4 is 30.2 Å². The van der Waals surface area contributed by atoms with Crippen molar-refractivity contribution in [3.63, 3.8) is 0 Å². The van der Waals surface area contributed by atoms with Crippen molar-refractivity contribution in [1.29, 1.82) is 0 Å². The summed E-state index contributed by atoms with van der Waals surface area (Å²) in [4.78, 5) is 46.1. The molecule has 0 unspecified atom stereocenters. The second-order valence-electron chi connectivity index (χ2n) is 5.30. The number of carbonyl (C=O) groups is 1. The average Bonchev–Trinajstić information content (AvgIpc) is 2.54. The van der Waals surface area contributed by atoms with Crippen LogP contribution in [-0.4, -0.2) is 15.6 Å². The Hall–Kier alpha value is 0.463. The Morgan fingerprint density at radius 1 is 1.29 bits per heavy atom. The van der Waals surface area contributed by atoms with E-state index in [4.69, 9.17) is 5.73 Å². The Bertz CT molecular complexity index is 1020. The van der Waals surface area contributed by atoms with Gasteiger partial charge in [0.1, 0.15) is 5.56 Å². The summed E-state index contributed by atoms with van der Waals surface area (Å²) >= 11 is 0. The van der Waals surface area contributed by atoms with Crippen molar-refractivity contribution in [1.82, 2.24) is 4.57 Å². The summed E-state index contributed by atoms with van der Waals surface area (Å²) in [6.07, 6.45) is 0. The molecule has 2 rings (SSSR count). The van der Waals surface area contributed by atoms with E-state index in [-0.39, 0.29) is 132 Å². The van der Waals surface area contributed by atoms with Crippen LogP contribution in [0.3, 0.4) is 0 Å². The van der Waals surface area contributed by atoms with Gasteiger partial charge in [-0.25, -0.2) is 0 Å². The van der Waals surface area contributed by atoms with Crippen LogP contribution in [0, 0.1) is 6.92 Å². The maximum atomic E-state index is 12.4. The van der Waals surface area contributed by atoms with Crippen LogP contribution in [0.1, 0.15) is 22.8 Å². The first-order valence-corrected chi connectivity index (χ1v) is 8.92. The predicted molar refractivity (Wildman–Crippen MR) is 89.2 cm³/mol. The minimum Gasteiger partial charge on any atom is -0.807 e. The van der Waals surface area contributed by atoms with Gasteiger partial charge in [0, 0.05) is 12.1 Å². The Kier molecular flexibility index (Phi) is 11.9. The maximum absolute atomic E-state index is 12.4. The third-order valence-corrected chi connectivity index (χ3v) is 4.54. The molecule has 0 radical (unpaired) electrons. The minimum atomic E-state index is -4.96. The maximum Gasteiger partial charge on any atom is 1.00 e. The van der Waals surface area contributed by atoms with Gasteiger partial charge in [-0.2, -0.15) is 5.11 Å². The molecule has 3 N–H and O–H groups in total. The Morgan fingerprint density at radius 2 is 1.89 bits per heavy atom. The van der Waals surface area contributed by atoms with Crippen LogP contribution >= 0.6 is 7.60 Å². The minimum absolute atomic E-state index is 0. The van der Waals surface area contributed by atoms with Gasteiger partial charge >= 0.3 is 103 Å². The quantitative estimate of drug-likeness (QED) is 0.257.